The van der Waals surface area contributed by atoms with Gasteiger partial charge in [0, 0.05) is 6.42 Å². The summed E-state index contributed by atoms with van der Waals surface area (Å²) in [6.45, 7) is 10.4. The van der Waals surface area contributed by atoms with E-state index >= 15 is 0 Å². The molecule has 1 aromatic rings. The number of rotatable bonds is 16. The van der Waals surface area contributed by atoms with E-state index in [1.54, 1.807) is 5.82 Å². The van der Waals surface area contributed by atoms with Crippen LogP contribution < -0.4 is 4.57 Å². The molecular formula is C23H45N2+. The van der Waals surface area contributed by atoms with Gasteiger partial charge in [-0.05, 0) is 33.1 Å². The molecule has 0 aliphatic rings. The third-order valence-corrected chi connectivity index (χ3v) is 5.35. The Hall–Kier alpha value is -0.790. The first kappa shape index (κ1) is 22.3. The van der Waals surface area contributed by atoms with Gasteiger partial charge < -0.3 is 0 Å². The molecule has 2 heteroatoms. The minimum atomic E-state index is 0.574. The number of aryl methyl sites for hydroxylation is 1. The van der Waals surface area contributed by atoms with E-state index in [2.05, 4.69) is 49.2 Å². The lowest BCUT2D eigenvalue weighted by molar-refractivity contribution is -0.704. The van der Waals surface area contributed by atoms with Crippen LogP contribution in [0.25, 0.3) is 0 Å². The number of aromatic nitrogens is 2. The quantitative estimate of drug-likeness (QED) is 0.224. The summed E-state index contributed by atoms with van der Waals surface area (Å²) in [6, 6.07) is 0.574. The highest BCUT2D eigenvalue weighted by Crippen LogP contribution is 2.13. The summed E-state index contributed by atoms with van der Waals surface area (Å²) in [7, 11) is 0. The lowest BCUT2D eigenvalue weighted by Gasteiger charge is -2.08. The summed E-state index contributed by atoms with van der Waals surface area (Å²) >= 11 is 0. The van der Waals surface area contributed by atoms with Crippen LogP contribution in [0.15, 0.2) is 12.4 Å². The van der Waals surface area contributed by atoms with E-state index in [0.717, 1.165) is 0 Å². The van der Waals surface area contributed by atoms with Gasteiger partial charge in [-0.25, -0.2) is 9.13 Å². The first-order valence-electron chi connectivity index (χ1n) is 11.3. The number of unbranched alkanes of at least 4 members (excludes halogenated alkanes) is 11. The van der Waals surface area contributed by atoms with Gasteiger partial charge >= 0.3 is 0 Å². The normalized spacial score (nSPS) is 11.6. The Morgan fingerprint density at radius 2 is 1.28 bits per heavy atom. The van der Waals surface area contributed by atoms with Crippen LogP contribution in [0.5, 0.6) is 0 Å². The largest absolute Gasteiger partial charge is 0.256 e. The second-order valence-corrected chi connectivity index (χ2v) is 8.05. The maximum atomic E-state index is 2.53. The standard InChI is InChI=1S/C23H45N2/c1-5-7-9-11-12-13-14-16-18-23-24(19-17-15-10-8-6-2)20-21-25(23)22(3)4/h20-22H,5-19H2,1-4H3/q+1. The van der Waals surface area contributed by atoms with Gasteiger partial charge in [0.1, 0.15) is 12.4 Å². The van der Waals surface area contributed by atoms with Gasteiger partial charge in [0.15, 0.2) is 0 Å². The summed E-state index contributed by atoms with van der Waals surface area (Å²) in [6.07, 6.45) is 23.9. The second kappa shape index (κ2) is 14.4. The molecule has 0 atom stereocenters. The summed E-state index contributed by atoms with van der Waals surface area (Å²) in [5.74, 6) is 1.55. The fourth-order valence-corrected chi connectivity index (χ4v) is 3.72. The van der Waals surface area contributed by atoms with Crippen molar-refractivity contribution in [2.45, 2.75) is 130 Å². The second-order valence-electron chi connectivity index (χ2n) is 8.05. The first-order chi connectivity index (χ1) is 12.2. The van der Waals surface area contributed by atoms with Gasteiger partial charge in [-0.2, -0.15) is 0 Å². The predicted octanol–water partition coefficient (Wildman–Crippen LogP) is 7.01. The maximum absolute atomic E-state index is 2.53. The third kappa shape index (κ3) is 9.47. The number of hydrogen-bond donors (Lipinski definition) is 0. The van der Waals surface area contributed by atoms with Crippen LogP contribution >= 0.6 is 0 Å². The summed E-state index contributed by atoms with van der Waals surface area (Å²) in [4.78, 5) is 0. The Kier molecular flexibility index (Phi) is 12.8. The van der Waals surface area contributed by atoms with E-state index in [0.29, 0.717) is 6.04 Å². The Morgan fingerprint density at radius 3 is 1.84 bits per heavy atom. The van der Waals surface area contributed by atoms with Crippen molar-refractivity contribution in [3.05, 3.63) is 18.2 Å². The fraction of sp³-hybridized carbons (Fsp3) is 0.870. The molecule has 0 spiro atoms. The van der Waals surface area contributed by atoms with Gasteiger partial charge in [-0.3, -0.25) is 0 Å². The van der Waals surface area contributed by atoms with Crippen LogP contribution in [-0.2, 0) is 13.0 Å². The Balaban J connectivity index is 2.35. The van der Waals surface area contributed by atoms with Crippen molar-refractivity contribution in [2.24, 2.45) is 0 Å². The van der Waals surface area contributed by atoms with Gasteiger partial charge in [-0.1, -0.05) is 78.1 Å². The average Bonchev–Trinajstić information content (AvgIpc) is 3.00. The van der Waals surface area contributed by atoms with Crippen LogP contribution in [0.4, 0.5) is 0 Å². The van der Waals surface area contributed by atoms with Crippen LogP contribution in [0.1, 0.15) is 123 Å². The molecule has 0 aliphatic heterocycles. The van der Waals surface area contributed by atoms with Crippen molar-refractivity contribution in [1.82, 2.24) is 4.57 Å². The van der Waals surface area contributed by atoms with Crippen molar-refractivity contribution in [3.63, 3.8) is 0 Å². The molecule has 0 saturated carbocycles. The molecule has 0 fully saturated rings. The SMILES string of the molecule is CCCCCCCCCCc1n(C(C)C)cc[n+]1CCCCCCC. The molecule has 0 saturated heterocycles. The smallest absolute Gasteiger partial charge is 0.234 e. The molecular weight excluding hydrogens is 304 g/mol. The zero-order chi connectivity index (χ0) is 18.3. The topological polar surface area (TPSA) is 8.81 Å². The molecule has 0 aliphatic carbocycles. The minimum Gasteiger partial charge on any atom is -0.234 e. The summed E-state index contributed by atoms with van der Waals surface area (Å²) in [5.41, 5.74) is 0. The molecule has 0 amide bonds. The van der Waals surface area contributed by atoms with E-state index in [4.69, 9.17) is 0 Å². The number of imidazole rings is 1. The van der Waals surface area contributed by atoms with Crippen molar-refractivity contribution in [2.75, 3.05) is 0 Å². The lowest BCUT2D eigenvalue weighted by atomic mass is 10.1. The van der Waals surface area contributed by atoms with Crippen LogP contribution in [0.3, 0.4) is 0 Å². The first-order valence-corrected chi connectivity index (χ1v) is 11.3. The monoisotopic (exact) mass is 349 g/mol. The van der Waals surface area contributed by atoms with E-state index in [9.17, 15) is 0 Å². The summed E-state index contributed by atoms with van der Waals surface area (Å²) in [5, 5.41) is 0. The summed E-state index contributed by atoms with van der Waals surface area (Å²) < 4.78 is 5.03. The third-order valence-electron chi connectivity index (χ3n) is 5.35. The fourth-order valence-electron chi connectivity index (χ4n) is 3.72. The molecule has 146 valence electrons. The van der Waals surface area contributed by atoms with Crippen molar-refractivity contribution < 1.29 is 4.57 Å². The highest BCUT2D eigenvalue weighted by Gasteiger charge is 2.18. The molecule has 0 bridgehead atoms. The average molecular weight is 350 g/mol. The van der Waals surface area contributed by atoms with Gasteiger partial charge in [-0.15, -0.1) is 0 Å². The number of hydrogen-bond acceptors (Lipinski definition) is 0. The van der Waals surface area contributed by atoms with Crippen molar-refractivity contribution in [3.8, 4) is 0 Å². The van der Waals surface area contributed by atoms with Crippen molar-refractivity contribution >= 4 is 0 Å². The highest BCUT2D eigenvalue weighted by atomic mass is 15.2. The van der Waals surface area contributed by atoms with E-state index in [1.807, 2.05) is 0 Å². The minimum absolute atomic E-state index is 0.574. The Morgan fingerprint density at radius 1 is 0.760 bits per heavy atom. The molecule has 1 rings (SSSR count). The van der Waals surface area contributed by atoms with Crippen LogP contribution in [-0.4, -0.2) is 4.57 Å². The Bertz CT molecular complexity index is 420. The molecule has 0 unspecified atom stereocenters. The number of nitrogens with zero attached hydrogens (tertiary/aromatic N) is 2. The van der Waals surface area contributed by atoms with Crippen LogP contribution in [0.2, 0.25) is 0 Å². The van der Waals surface area contributed by atoms with E-state index < -0.39 is 0 Å². The van der Waals surface area contributed by atoms with E-state index in [-0.39, 0.29) is 0 Å². The van der Waals surface area contributed by atoms with Gasteiger partial charge in [0.05, 0.1) is 12.6 Å². The molecule has 1 heterocycles. The van der Waals surface area contributed by atoms with Crippen LogP contribution in [0, 0.1) is 0 Å². The van der Waals surface area contributed by atoms with Gasteiger partial charge in [0.2, 0.25) is 0 Å². The highest BCUT2D eigenvalue weighted by molar-refractivity contribution is 4.86. The van der Waals surface area contributed by atoms with E-state index in [1.165, 1.54) is 96.4 Å². The molecule has 25 heavy (non-hydrogen) atoms. The molecule has 0 radical (unpaired) electrons. The zero-order valence-electron chi connectivity index (χ0n) is 17.7. The maximum Gasteiger partial charge on any atom is 0.256 e. The van der Waals surface area contributed by atoms with Gasteiger partial charge in [0.25, 0.3) is 5.82 Å². The molecule has 0 aromatic carbocycles. The molecule has 1 aromatic heterocycles. The molecule has 2 nitrogen and oxygen atoms in total. The molecule has 0 N–H and O–H groups in total. The zero-order valence-corrected chi connectivity index (χ0v) is 17.7. The predicted molar refractivity (Wildman–Crippen MR) is 110 cm³/mol. The Labute approximate surface area is 158 Å². The lowest BCUT2D eigenvalue weighted by Crippen LogP contribution is -2.37. The van der Waals surface area contributed by atoms with Crippen molar-refractivity contribution in [1.29, 1.82) is 0 Å².